The summed E-state index contributed by atoms with van der Waals surface area (Å²) in [6, 6.07) is 27.6. The summed E-state index contributed by atoms with van der Waals surface area (Å²) in [5, 5.41) is 0.673. The molecule has 0 amide bonds. The zero-order valence-electron chi connectivity index (χ0n) is 19.7. The van der Waals surface area contributed by atoms with E-state index in [4.69, 9.17) is 11.6 Å². The first-order valence-corrected chi connectivity index (χ1v) is 13.0. The molecule has 0 N–H and O–H groups in total. The number of halogens is 1. The average Bonchev–Trinajstić information content (AvgIpc) is 3.37. The number of benzene rings is 3. The van der Waals surface area contributed by atoms with Crippen LogP contribution in [0.3, 0.4) is 0 Å². The van der Waals surface area contributed by atoms with Crippen molar-refractivity contribution in [2.24, 2.45) is 5.92 Å². The molecule has 6 rings (SSSR count). The lowest BCUT2D eigenvalue weighted by atomic mass is 9.51. The molecule has 176 valence electrons. The molecule has 0 radical (unpaired) electrons. The minimum absolute atomic E-state index is 0.357. The maximum absolute atomic E-state index is 11.6. The molecule has 0 aliphatic heterocycles. The van der Waals surface area contributed by atoms with Crippen molar-refractivity contribution >= 4 is 17.9 Å². The Labute approximate surface area is 211 Å². The summed E-state index contributed by atoms with van der Waals surface area (Å²) >= 11 is 6.90. The Morgan fingerprint density at radius 1 is 0.886 bits per heavy atom. The van der Waals surface area contributed by atoms with Crippen molar-refractivity contribution < 1.29 is 4.79 Å². The number of hydrogen-bond acceptors (Lipinski definition) is 2. The van der Waals surface area contributed by atoms with E-state index in [9.17, 15) is 4.79 Å². The van der Waals surface area contributed by atoms with Gasteiger partial charge in [0.2, 0.25) is 0 Å². The number of aldehydes is 1. The summed E-state index contributed by atoms with van der Waals surface area (Å²) < 4.78 is 2.04. The van der Waals surface area contributed by atoms with Gasteiger partial charge in [-0.1, -0.05) is 97.2 Å². The Hall–Kier alpha value is -3.17. The first-order valence-electron chi connectivity index (χ1n) is 12.6. The van der Waals surface area contributed by atoms with Crippen LogP contribution in [0.2, 0.25) is 5.02 Å². The number of carbonyl (C=O) groups excluding carboxylic acids is 1. The highest BCUT2D eigenvalue weighted by molar-refractivity contribution is 6.31. The van der Waals surface area contributed by atoms with Gasteiger partial charge in [-0.15, -0.1) is 0 Å². The Bertz CT molecular complexity index is 1350. The Balaban J connectivity index is 1.59. The van der Waals surface area contributed by atoms with Crippen LogP contribution in [0.4, 0.5) is 0 Å². The number of rotatable bonds is 6. The molecule has 0 spiro atoms. The van der Waals surface area contributed by atoms with Crippen LogP contribution < -0.4 is 0 Å². The first-order chi connectivity index (χ1) is 17.2. The summed E-state index contributed by atoms with van der Waals surface area (Å²) in [7, 11) is 0. The predicted octanol–water partition coefficient (Wildman–Crippen LogP) is 7.41. The molecule has 0 saturated heterocycles. The van der Waals surface area contributed by atoms with Gasteiger partial charge in [0.15, 0.2) is 6.29 Å². The van der Waals surface area contributed by atoms with Gasteiger partial charge >= 0.3 is 0 Å². The third kappa shape index (κ3) is 3.40. The van der Waals surface area contributed by atoms with Crippen LogP contribution in [0.5, 0.6) is 0 Å². The number of imidazole rings is 1. The number of hydrogen-bond donors (Lipinski definition) is 0. The zero-order valence-corrected chi connectivity index (χ0v) is 20.5. The summed E-state index contributed by atoms with van der Waals surface area (Å²) in [6.07, 6.45) is 12.4. The van der Waals surface area contributed by atoms with Crippen LogP contribution in [0, 0.1) is 5.92 Å². The lowest BCUT2D eigenvalue weighted by Crippen LogP contribution is -2.46. The molecule has 3 atom stereocenters. The topological polar surface area (TPSA) is 34.9 Å². The summed E-state index contributed by atoms with van der Waals surface area (Å²) in [5.41, 5.74) is 4.57. The summed E-state index contributed by atoms with van der Waals surface area (Å²) in [6.45, 7) is 0. The molecular formula is C31H29ClN2O. The lowest BCUT2D eigenvalue weighted by Gasteiger charge is -2.53. The van der Waals surface area contributed by atoms with Crippen LogP contribution in [0.1, 0.15) is 71.3 Å². The van der Waals surface area contributed by atoms with Gasteiger partial charge in [-0.25, -0.2) is 4.98 Å². The molecule has 2 fully saturated rings. The maximum Gasteiger partial charge on any atom is 0.169 e. The third-order valence-corrected chi connectivity index (χ3v) is 8.92. The second-order valence-electron chi connectivity index (χ2n) is 10.1. The predicted molar refractivity (Wildman–Crippen MR) is 140 cm³/mol. The van der Waals surface area contributed by atoms with Gasteiger partial charge in [-0.2, -0.15) is 0 Å². The monoisotopic (exact) mass is 480 g/mol. The minimum Gasteiger partial charge on any atom is -0.318 e. The molecule has 2 unspecified atom stereocenters. The van der Waals surface area contributed by atoms with Crippen molar-refractivity contribution in [1.29, 1.82) is 0 Å². The summed E-state index contributed by atoms with van der Waals surface area (Å²) in [4.78, 5) is 16.0. The van der Waals surface area contributed by atoms with E-state index in [1.165, 1.54) is 44.1 Å². The highest BCUT2D eigenvalue weighted by Crippen LogP contribution is 2.57. The molecule has 35 heavy (non-hydrogen) atoms. The van der Waals surface area contributed by atoms with Crippen molar-refractivity contribution in [3.05, 3.63) is 124 Å². The van der Waals surface area contributed by atoms with E-state index in [1.54, 1.807) is 6.33 Å². The molecule has 3 aromatic carbocycles. The number of aromatic nitrogens is 2. The van der Waals surface area contributed by atoms with Gasteiger partial charge in [0.1, 0.15) is 11.2 Å². The van der Waals surface area contributed by atoms with E-state index in [0.29, 0.717) is 16.1 Å². The number of fused-ring (bicyclic) bond motifs is 1. The third-order valence-electron chi connectivity index (χ3n) is 8.59. The zero-order chi connectivity index (χ0) is 23.9. The first kappa shape index (κ1) is 22.3. The normalized spacial score (nSPS) is 23.1. The molecule has 2 aliphatic carbocycles. The van der Waals surface area contributed by atoms with Crippen LogP contribution in [-0.4, -0.2) is 15.8 Å². The standard InChI is InChI=1S/C31H29ClN2O/c32-29-12-5-4-11-28(29)31(25-9-2-1-3-10-25,34-20-27(21-35)33-22-34)26-15-13-24(14-16-26)30-18-7-6-8-23(30)17-19-30/h1-5,9-16,20-23H,6-8,17-19H2/t23-,30?,31?/m1/s1. The molecular weight excluding hydrogens is 452 g/mol. The fourth-order valence-corrected chi connectivity index (χ4v) is 7.05. The quantitative estimate of drug-likeness (QED) is 0.213. The van der Waals surface area contributed by atoms with Gasteiger partial charge < -0.3 is 4.57 Å². The second-order valence-corrected chi connectivity index (χ2v) is 10.5. The Kier molecular flexibility index (Phi) is 5.61. The van der Waals surface area contributed by atoms with Crippen LogP contribution in [0.25, 0.3) is 0 Å². The van der Waals surface area contributed by atoms with Crippen LogP contribution in [0.15, 0.2) is 91.4 Å². The molecule has 0 bridgehead atoms. The van der Waals surface area contributed by atoms with E-state index < -0.39 is 5.54 Å². The van der Waals surface area contributed by atoms with Crippen molar-refractivity contribution in [3.63, 3.8) is 0 Å². The van der Waals surface area contributed by atoms with Gasteiger partial charge in [-0.05, 0) is 59.8 Å². The van der Waals surface area contributed by atoms with Crippen molar-refractivity contribution in [2.75, 3.05) is 0 Å². The largest absolute Gasteiger partial charge is 0.318 e. The van der Waals surface area contributed by atoms with E-state index in [0.717, 1.165) is 28.9 Å². The number of carbonyl (C=O) groups is 1. The smallest absolute Gasteiger partial charge is 0.169 e. The average molecular weight is 481 g/mol. The van der Waals surface area contributed by atoms with Gasteiger partial charge in [-0.3, -0.25) is 4.79 Å². The van der Waals surface area contributed by atoms with Gasteiger partial charge in [0, 0.05) is 16.8 Å². The number of nitrogens with zero attached hydrogens (tertiary/aromatic N) is 2. The molecule has 4 aromatic rings. The second kappa shape index (κ2) is 8.80. The van der Waals surface area contributed by atoms with Crippen LogP contribution in [-0.2, 0) is 11.0 Å². The Morgan fingerprint density at radius 2 is 1.63 bits per heavy atom. The maximum atomic E-state index is 11.6. The van der Waals surface area contributed by atoms with Crippen molar-refractivity contribution in [3.8, 4) is 0 Å². The van der Waals surface area contributed by atoms with Crippen molar-refractivity contribution in [2.45, 2.75) is 49.5 Å². The highest BCUT2D eigenvalue weighted by atomic mass is 35.5. The minimum atomic E-state index is -0.768. The SMILES string of the molecule is O=Cc1cn(C(c2ccccc2)(c2ccc(C34CCCC[C@@H]3CC4)cc2)c2ccccc2Cl)cn1. The molecule has 2 aliphatic rings. The van der Waals surface area contributed by atoms with E-state index in [-0.39, 0.29) is 0 Å². The van der Waals surface area contributed by atoms with Gasteiger partial charge in [0.25, 0.3) is 0 Å². The van der Waals surface area contributed by atoms with E-state index in [2.05, 4.69) is 47.4 Å². The Morgan fingerprint density at radius 3 is 2.29 bits per heavy atom. The molecule has 3 nitrogen and oxygen atoms in total. The fourth-order valence-electron chi connectivity index (χ4n) is 6.78. The van der Waals surface area contributed by atoms with Crippen molar-refractivity contribution in [1.82, 2.24) is 9.55 Å². The lowest BCUT2D eigenvalue weighted by molar-refractivity contribution is 0.0667. The van der Waals surface area contributed by atoms with Gasteiger partial charge in [0.05, 0.1) is 6.33 Å². The highest BCUT2D eigenvalue weighted by Gasteiger charge is 2.49. The molecule has 2 saturated carbocycles. The van der Waals surface area contributed by atoms with E-state index >= 15 is 0 Å². The molecule has 1 aromatic heterocycles. The summed E-state index contributed by atoms with van der Waals surface area (Å²) in [5.74, 6) is 0.827. The molecule has 1 heterocycles. The fraction of sp³-hybridized carbons (Fsp3) is 0.290. The molecule has 4 heteroatoms. The van der Waals surface area contributed by atoms with E-state index in [1.807, 2.05) is 47.2 Å². The van der Waals surface area contributed by atoms with Crippen LogP contribution >= 0.6 is 11.6 Å².